The van der Waals surface area contributed by atoms with E-state index in [2.05, 4.69) is 10.6 Å². The quantitative estimate of drug-likeness (QED) is 0.725. The number of carbonyl (C=O) groups excluding carboxylic acids is 1. The molecule has 0 unspecified atom stereocenters. The highest BCUT2D eigenvalue weighted by Crippen LogP contribution is 2.29. The van der Waals surface area contributed by atoms with Gasteiger partial charge in [0.25, 0.3) is 0 Å². The molecular formula is C13H14Cl2N2O3S. The monoisotopic (exact) mass is 348 g/mol. The van der Waals surface area contributed by atoms with Crippen molar-refractivity contribution in [2.75, 3.05) is 5.32 Å². The van der Waals surface area contributed by atoms with E-state index in [9.17, 15) is 9.59 Å². The molecule has 0 atom stereocenters. The molecule has 0 aromatic heterocycles. The van der Waals surface area contributed by atoms with Crippen LogP contribution in [0, 0.1) is 5.92 Å². The lowest BCUT2D eigenvalue weighted by Gasteiger charge is -2.13. The maximum Gasteiger partial charge on any atom is 0.337 e. The van der Waals surface area contributed by atoms with Crippen molar-refractivity contribution in [3.05, 3.63) is 27.7 Å². The third-order valence-corrected chi connectivity index (χ3v) is 3.21. The van der Waals surface area contributed by atoms with Crippen LogP contribution in [0.4, 0.5) is 5.69 Å². The van der Waals surface area contributed by atoms with Crippen LogP contribution in [0.3, 0.4) is 0 Å². The minimum Gasteiger partial charge on any atom is -0.478 e. The smallest absolute Gasteiger partial charge is 0.337 e. The van der Waals surface area contributed by atoms with Gasteiger partial charge in [-0.2, -0.15) is 0 Å². The molecule has 0 saturated heterocycles. The van der Waals surface area contributed by atoms with Crippen LogP contribution < -0.4 is 10.6 Å². The molecule has 0 bridgehead atoms. The average Bonchev–Trinajstić information content (AvgIpc) is 2.30. The number of benzene rings is 1. The van der Waals surface area contributed by atoms with Crippen molar-refractivity contribution in [3.63, 3.8) is 0 Å². The Balaban J connectivity index is 2.83. The van der Waals surface area contributed by atoms with Crippen molar-refractivity contribution in [2.24, 2.45) is 5.92 Å². The second kappa shape index (κ2) is 7.59. The van der Waals surface area contributed by atoms with Crippen molar-refractivity contribution in [1.82, 2.24) is 5.32 Å². The number of anilines is 1. The molecule has 0 aliphatic heterocycles. The van der Waals surface area contributed by atoms with Crippen molar-refractivity contribution >= 4 is 58.1 Å². The van der Waals surface area contributed by atoms with E-state index in [0.717, 1.165) is 0 Å². The molecule has 3 N–H and O–H groups in total. The number of rotatable bonds is 4. The van der Waals surface area contributed by atoms with Gasteiger partial charge in [0.1, 0.15) is 0 Å². The summed E-state index contributed by atoms with van der Waals surface area (Å²) in [5, 5.41) is 14.4. The molecule has 0 fully saturated rings. The number of hydrogen-bond donors (Lipinski definition) is 3. The van der Waals surface area contributed by atoms with Crippen LogP contribution in [-0.2, 0) is 4.79 Å². The number of hydrogen-bond acceptors (Lipinski definition) is 3. The molecule has 0 spiro atoms. The minimum absolute atomic E-state index is 0.0211. The number of aromatic carboxylic acids is 1. The predicted octanol–water partition coefficient (Wildman–Crippen LogP) is 3.55. The van der Waals surface area contributed by atoms with Gasteiger partial charge in [-0.05, 0) is 30.3 Å². The van der Waals surface area contributed by atoms with E-state index >= 15 is 0 Å². The Hall–Kier alpha value is -1.37. The predicted molar refractivity (Wildman–Crippen MR) is 87.2 cm³/mol. The van der Waals surface area contributed by atoms with E-state index in [1.165, 1.54) is 12.1 Å². The van der Waals surface area contributed by atoms with Gasteiger partial charge in [-0.1, -0.05) is 37.0 Å². The van der Waals surface area contributed by atoms with Crippen LogP contribution in [-0.4, -0.2) is 22.1 Å². The number of carbonyl (C=O) groups is 2. The molecule has 0 aliphatic carbocycles. The van der Waals surface area contributed by atoms with E-state index < -0.39 is 5.97 Å². The summed E-state index contributed by atoms with van der Waals surface area (Å²) in [6, 6.07) is 2.56. The van der Waals surface area contributed by atoms with Gasteiger partial charge in [-0.25, -0.2) is 4.79 Å². The van der Waals surface area contributed by atoms with Gasteiger partial charge in [0.05, 0.1) is 21.3 Å². The molecule has 21 heavy (non-hydrogen) atoms. The summed E-state index contributed by atoms with van der Waals surface area (Å²) in [5.41, 5.74) is 0.146. The first-order valence-corrected chi connectivity index (χ1v) is 7.20. The van der Waals surface area contributed by atoms with Crippen molar-refractivity contribution in [1.29, 1.82) is 0 Å². The molecular weight excluding hydrogens is 335 g/mol. The molecule has 8 heteroatoms. The highest BCUT2D eigenvalue weighted by molar-refractivity contribution is 7.80. The summed E-state index contributed by atoms with van der Waals surface area (Å²) in [6.45, 7) is 3.82. The Bertz CT molecular complexity index is 591. The SMILES string of the molecule is CC(C)CC(=O)NC(=S)Nc1cc(C(=O)O)c(Cl)cc1Cl. The summed E-state index contributed by atoms with van der Waals surface area (Å²) in [7, 11) is 0. The number of thiocarbonyl (C=S) groups is 1. The molecule has 1 rings (SSSR count). The maximum atomic E-state index is 11.6. The van der Waals surface area contributed by atoms with E-state index in [1.54, 1.807) is 0 Å². The van der Waals surface area contributed by atoms with Gasteiger partial charge in [-0.15, -0.1) is 0 Å². The minimum atomic E-state index is -1.19. The Morgan fingerprint density at radius 3 is 2.43 bits per heavy atom. The lowest BCUT2D eigenvalue weighted by Crippen LogP contribution is -2.34. The van der Waals surface area contributed by atoms with E-state index in [0.29, 0.717) is 6.42 Å². The standard InChI is InChI=1S/C13H14Cl2N2O3S/c1-6(2)3-11(18)17-13(21)16-10-4-7(12(19)20)8(14)5-9(10)15/h4-6H,3H2,1-2H3,(H,19,20)(H2,16,17,18,21). The van der Waals surface area contributed by atoms with Gasteiger partial charge in [0, 0.05) is 6.42 Å². The van der Waals surface area contributed by atoms with Crippen LogP contribution in [0.25, 0.3) is 0 Å². The second-order valence-corrected chi connectivity index (χ2v) is 5.94. The maximum absolute atomic E-state index is 11.6. The lowest BCUT2D eigenvalue weighted by atomic mass is 10.1. The van der Waals surface area contributed by atoms with Crippen molar-refractivity contribution < 1.29 is 14.7 Å². The van der Waals surface area contributed by atoms with E-state index in [1.807, 2.05) is 13.8 Å². The fraction of sp³-hybridized carbons (Fsp3) is 0.308. The fourth-order valence-corrected chi connectivity index (χ4v) is 2.25. The molecule has 1 aromatic carbocycles. The fourth-order valence-electron chi connectivity index (χ4n) is 1.51. The third-order valence-electron chi connectivity index (χ3n) is 2.38. The largest absolute Gasteiger partial charge is 0.478 e. The summed E-state index contributed by atoms with van der Waals surface area (Å²) in [6.07, 6.45) is 0.330. The summed E-state index contributed by atoms with van der Waals surface area (Å²) in [4.78, 5) is 22.6. The Labute approximate surface area is 137 Å². The lowest BCUT2D eigenvalue weighted by molar-refractivity contribution is -0.120. The zero-order valence-electron chi connectivity index (χ0n) is 11.4. The zero-order valence-corrected chi connectivity index (χ0v) is 13.7. The highest BCUT2D eigenvalue weighted by Gasteiger charge is 2.14. The summed E-state index contributed by atoms with van der Waals surface area (Å²) in [5.74, 6) is -1.22. The van der Waals surface area contributed by atoms with Gasteiger partial charge in [-0.3, -0.25) is 4.79 Å². The van der Waals surface area contributed by atoms with Gasteiger partial charge < -0.3 is 15.7 Å². The average molecular weight is 349 g/mol. The van der Waals surface area contributed by atoms with Crippen LogP contribution in [0.15, 0.2) is 12.1 Å². The number of carboxylic acid groups (broad SMARTS) is 1. The molecule has 5 nitrogen and oxygen atoms in total. The first-order chi connectivity index (χ1) is 9.70. The van der Waals surface area contributed by atoms with Gasteiger partial charge in [0.15, 0.2) is 5.11 Å². The zero-order chi connectivity index (χ0) is 16.2. The van der Waals surface area contributed by atoms with E-state index in [4.69, 9.17) is 40.5 Å². The van der Waals surface area contributed by atoms with Crippen LogP contribution >= 0.6 is 35.4 Å². The normalized spacial score (nSPS) is 10.3. The Morgan fingerprint density at radius 2 is 1.90 bits per heavy atom. The molecule has 1 aromatic rings. The molecule has 0 aliphatic rings. The highest BCUT2D eigenvalue weighted by atomic mass is 35.5. The molecule has 1 amide bonds. The van der Waals surface area contributed by atoms with Crippen LogP contribution in [0.1, 0.15) is 30.6 Å². The Morgan fingerprint density at radius 1 is 1.29 bits per heavy atom. The molecule has 0 saturated carbocycles. The Kier molecular flexibility index (Phi) is 6.39. The van der Waals surface area contributed by atoms with Crippen molar-refractivity contribution in [2.45, 2.75) is 20.3 Å². The molecule has 0 radical (unpaired) electrons. The number of carboxylic acids is 1. The van der Waals surface area contributed by atoms with Crippen LogP contribution in [0.5, 0.6) is 0 Å². The second-order valence-electron chi connectivity index (χ2n) is 4.72. The number of halogens is 2. The third kappa shape index (κ3) is 5.49. The summed E-state index contributed by atoms with van der Waals surface area (Å²) >= 11 is 16.7. The number of amides is 1. The van der Waals surface area contributed by atoms with Gasteiger partial charge in [0.2, 0.25) is 5.91 Å². The van der Waals surface area contributed by atoms with Crippen molar-refractivity contribution in [3.8, 4) is 0 Å². The first kappa shape index (κ1) is 17.7. The van der Waals surface area contributed by atoms with Crippen LogP contribution in [0.2, 0.25) is 10.0 Å². The molecule has 114 valence electrons. The number of nitrogens with one attached hydrogen (secondary N) is 2. The molecule has 0 heterocycles. The topological polar surface area (TPSA) is 78.4 Å². The summed E-state index contributed by atoms with van der Waals surface area (Å²) < 4.78 is 0. The van der Waals surface area contributed by atoms with E-state index in [-0.39, 0.29) is 38.2 Å². The van der Waals surface area contributed by atoms with Gasteiger partial charge >= 0.3 is 5.97 Å². The first-order valence-electron chi connectivity index (χ1n) is 6.04.